The molecule has 0 aromatic rings. The highest BCUT2D eigenvalue weighted by Gasteiger charge is 1.96. The van der Waals surface area contributed by atoms with Gasteiger partial charge in [0.15, 0.2) is 0 Å². The zero-order chi connectivity index (χ0) is 8.53. The van der Waals surface area contributed by atoms with Gasteiger partial charge in [0.25, 0.3) is 0 Å². The Bertz CT molecular complexity index is 123. The minimum absolute atomic E-state index is 0.0614. The van der Waals surface area contributed by atoms with Crippen LogP contribution in [-0.4, -0.2) is 25.7 Å². The summed E-state index contributed by atoms with van der Waals surface area (Å²) in [6.07, 6.45) is 2.57. The van der Waals surface area contributed by atoms with Crippen LogP contribution >= 0.6 is 0 Å². The average molecular weight is 157 g/mol. The van der Waals surface area contributed by atoms with E-state index in [1.165, 1.54) is 0 Å². The van der Waals surface area contributed by atoms with Crippen LogP contribution in [0.1, 0.15) is 13.3 Å². The molecule has 0 radical (unpaired) electrons. The number of carbonyl (C=O) groups excluding carboxylic acids is 1. The second-order valence-electron chi connectivity index (χ2n) is 2.06. The summed E-state index contributed by atoms with van der Waals surface area (Å²) in [6, 6.07) is 0. The molecule has 1 amide bonds. The van der Waals surface area contributed by atoms with Crippen molar-refractivity contribution in [3.8, 4) is 0 Å². The molecule has 0 bridgehead atoms. The maximum absolute atomic E-state index is 10.8. The molecule has 0 aliphatic rings. The largest absolute Gasteiger partial charge is 0.372 e. The van der Waals surface area contributed by atoms with Crippen LogP contribution in [0, 0.1) is 0 Å². The van der Waals surface area contributed by atoms with Gasteiger partial charge in [-0.05, 0) is 13.3 Å². The third-order valence-corrected chi connectivity index (χ3v) is 1.11. The molecule has 0 fully saturated rings. The van der Waals surface area contributed by atoms with Crippen molar-refractivity contribution in [3.63, 3.8) is 0 Å². The predicted molar refractivity (Wildman–Crippen MR) is 44.3 cm³/mol. The first-order valence-corrected chi connectivity index (χ1v) is 3.76. The Morgan fingerprint density at radius 2 is 2.45 bits per heavy atom. The van der Waals surface area contributed by atoms with E-state index in [-0.39, 0.29) is 12.5 Å². The van der Waals surface area contributed by atoms with Crippen LogP contribution < -0.4 is 5.32 Å². The van der Waals surface area contributed by atoms with Crippen LogP contribution in [0.2, 0.25) is 0 Å². The predicted octanol–water partition coefficient (Wildman–Crippen LogP) is 0.715. The number of ether oxygens (including phenoxy) is 1. The second kappa shape index (κ2) is 7.28. The Hall–Kier alpha value is -0.830. The minimum atomic E-state index is -0.0614. The van der Waals surface area contributed by atoms with Crippen molar-refractivity contribution in [1.29, 1.82) is 0 Å². The van der Waals surface area contributed by atoms with Crippen molar-refractivity contribution >= 4 is 5.91 Å². The highest BCUT2D eigenvalue weighted by molar-refractivity contribution is 5.77. The molecular formula is C8H15NO2. The summed E-state index contributed by atoms with van der Waals surface area (Å²) >= 11 is 0. The van der Waals surface area contributed by atoms with Gasteiger partial charge < -0.3 is 10.1 Å². The first-order valence-electron chi connectivity index (χ1n) is 3.76. The summed E-state index contributed by atoms with van der Waals surface area (Å²) in [5, 5.41) is 2.68. The zero-order valence-electron chi connectivity index (χ0n) is 6.93. The van der Waals surface area contributed by atoms with Gasteiger partial charge in [0, 0.05) is 13.2 Å². The lowest BCUT2D eigenvalue weighted by atomic mass is 10.4. The second-order valence-corrected chi connectivity index (χ2v) is 2.06. The molecule has 0 aromatic heterocycles. The lowest BCUT2D eigenvalue weighted by Gasteiger charge is -2.02. The minimum Gasteiger partial charge on any atom is -0.372 e. The number of amides is 1. The third-order valence-electron chi connectivity index (χ3n) is 1.11. The van der Waals surface area contributed by atoms with Gasteiger partial charge in [0.05, 0.1) is 0 Å². The Morgan fingerprint density at radius 3 is 3.00 bits per heavy atom. The van der Waals surface area contributed by atoms with E-state index in [0.29, 0.717) is 13.2 Å². The fourth-order valence-corrected chi connectivity index (χ4v) is 0.559. The lowest BCUT2D eigenvalue weighted by Crippen LogP contribution is -2.28. The van der Waals surface area contributed by atoms with Gasteiger partial charge in [0.2, 0.25) is 5.91 Å². The lowest BCUT2D eigenvalue weighted by molar-refractivity contribution is -0.125. The summed E-state index contributed by atoms with van der Waals surface area (Å²) in [6.45, 7) is 6.78. The average Bonchev–Trinajstić information content (AvgIpc) is 2.01. The molecule has 11 heavy (non-hydrogen) atoms. The molecule has 3 nitrogen and oxygen atoms in total. The third kappa shape index (κ3) is 7.06. The monoisotopic (exact) mass is 157 g/mol. The van der Waals surface area contributed by atoms with E-state index in [2.05, 4.69) is 11.9 Å². The van der Waals surface area contributed by atoms with E-state index in [1.807, 2.05) is 6.92 Å². The molecule has 0 aromatic carbocycles. The van der Waals surface area contributed by atoms with E-state index in [1.54, 1.807) is 6.08 Å². The van der Waals surface area contributed by atoms with Crippen LogP contribution in [0.5, 0.6) is 0 Å². The summed E-state index contributed by atoms with van der Waals surface area (Å²) in [7, 11) is 0. The van der Waals surface area contributed by atoms with Gasteiger partial charge in [-0.2, -0.15) is 0 Å². The van der Waals surface area contributed by atoms with Crippen LogP contribution in [0.25, 0.3) is 0 Å². The Balaban J connectivity index is 3.15. The highest BCUT2D eigenvalue weighted by Crippen LogP contribution is 1.77. The Labute approximate surface area is 67.4 Å². The molecule has 1 N–H and O–H groups in total. The van der Waals surface area contributed by atoms with Crippen molar-refractivity contribution in [2.45, 2.75) is 13.3 Å². The number of carbonyl (C=O) groups is 1. The van der Waals surface area contributed by atoms with Crippen molar-refractivity contribution in [3.05, 3.63) is 12.7 Å². The van der Waals surface area contributed by atoms with E-state index < -0.39 is 0 Å². The van der Waals surface area contributed by atoms with Crippen molar-refractivity contribution in [1.82, 2.24) is 5.32 Å². The van der Waals surface area contributed by atoms with E-state index in [4.69, 9.17) is 4.74 Å². The number of nitrogens with one attached hydrogen (secondary N) is 1. The molecule has 0 saturated heterocycles. The smallest absolute Gasteiger partial charge is 0.246 e. The van der Waals surface area contributed by atoms with E-state index in [0.717, 1.165) is 6.42 Å². The normalized spacial score (nSPS) is 9.18. The quantitative estimate of drug-likeness (QED) is 0.455. The summed E-state index contributed by atoms with van der Waals surface area (Å²) < 4.78 is 4.89. The van der Waals surface area contributed by atoms with Gasteiger partial charge in [-0.15, -0.1) is 6.58 Å². The van der Waals surface area contributed by atoms with Gasteiger partial charge >= 0.3 is 0 Å². The van der Waals surface area contributed by atoms with Crippen molar-refractivity contribution in [2.24, 2.45) is 0 Å². The molecule has 64 valence electrons. The van der Waals surface area contributed by atoms with E-state index >= 15 is 0 Å². The molecule has 0 atom stereocenters. The molecule has 0 rings (SSSR count). The maximum atomic E-state index is 10.8. The summed E-state index contributed by atoms with van der Waals surface area (Å²) in [5.74, 6) is -0.0614. The molecule has 0 spiro atoms. The fraction of sp³-hybridized carbons (Fsp3) is 0.625. The topological polar surface area (TPSA) is 38.3 Å². The van der Waals surface area contributed by atoms with Crippen molar-refractivity contribution < 1.29 is 9.53 Å². The summed E-state index contributed by atoms with van der Waals surface area (Å²) in [4.78, 5) is 10.8. The summed E-state index contributed by atoms with van der Waals surface area (Å²) in [5.41, 5.74) is 0. The molecule has 0 heterocycles. The van der Waals surface area contributed by atoms with Crippen molar-refractivity contribution in [2.75, 3.05) is 19.8 Å². The molecule has 0 aliphatic carbocycles. The molecule has 0 saturated carbocycles. The molecular weight excluding hydrogens is 142 g/mol. The Kier molecular flexibility index (Phi) is 6.73. The number of hydrogen-bond acceptors (Lipinski definition) is 2. The Morgan fingerprint density at radius 1 is 1.73 bits per heavy atom. The standard InChI is InChI=1S/C8H15NO2/c1-3-5-6-9-8(10)7-11-4-2/h3H,1,4-7H2,2H3,(H,9,10). The van der Waals surface area contributed by atoms with Crippen LogP contribution in [-0.2, 0) is 9.53 Å². The zero-order valence-corrected chi connectivity index (χ0v) is 6.93. The SMILES string of the molecule is C=CCCNC(=O)COCC. The van der Waals surface area contributed by atoms with Gasteiger partial charge in [0.1, 0.15) is 6.61 Å². The number of hydrogen-bond donors (Lipinski definition) is 1. The first kappa shape index (κ1) is 10.2. The van der Waals surface area contributed by atoms with Gasteiger partial charge in [-0.1, -0.05) is 6.08 Å². The molecule has 0 unspecified atom stereocenters. The van der Waals surface area contributed by atoms with Crippen LogP contribution in [0.15, 0.2) is 12.7 Å². The van der Waals surface area contributed by atoms with Gasteiger partial charge in [-0.25, -0.2) is 0 Å². The molecule has 0 aliphatic heterocycles. The first-order chi connectivity index (χ1) is 5.31. The van der Waals surface area contributed by atoms with E-state index in [9.17, 15) is 4.79 Å². The molecule has 3 heteroatoms. The van der Waals surface area contributed by atoms with Gasteiger partial charge in [-0.3, -0.25) is 4.79 Å². The highest BCUT2D eigenvalue weighted by atomic mass is 16.5. The van der Waals surface area contributed by atoms with Crippen LogP contribution in [0.4, 0.5) is 0 Å². The number of rotatable bonds is 6. The fourth-order valence-electron chi connectivity index (χ4n) is 0.559. The van der Waals surface area contributed by atoms with Crippen LogP contribution in [0.3, 0.4) is 0 Å². The maximum Gasteiger partial charge on any atom is 0.246 e.